The van der Waals surface area contributed by atoms with Crippen molar-refractivity contribution in [2.24, 2.45) is 0 Å². The van der Waals surface area contributed by atoms with Crippen molar-refractivity contribution >= 4 is 12.3 Å². The molecular formula is C13H13NO4. The van der Waals surface area contributed by atoms with Crippen LogP contribution in [-0.4, -0.2) is 26.0 Å². The van der Waals surface area contributed by atoms with E-state index in [9.17, 15) is 9.59 Å². The third kappa shape index (κ3) is 3.08. The summed E-state index contributed by atoms with van der Waals surface area (Å²) in [6.45, 7) is 1.97. The van der Waals surface area contributed by atoms with Crippen LogP contribution >= 0.6 is 0 Å². The molecule has 18 heavy (non-hydrogen) atoms. The molecule has 0 aliphatic carbocycles. The van der Waals surface area contributed by atoms with Gasteiger partial charge in [-0.3, -0.25) is 9.59 Å². The van der Waals surface area contributed by atoms with Crippen LogP contribution in [-0.2, 0) is 16.0 Å². The molecule has 0 atom stereocenters. The van der Waals surface area contributed by atoms with Crippen molar-refractivity contribution in [1.82, 2.24) is 0 Å². The first-order chi connectivity index (χ1) is 8.65. The molecule has 0 amide bonds. The Morgan fingerprint density at radius 2 is 2.22 bits per heavy atom. The Bertz CT molecular complexity index is 502. The van der Waals surface area contributed by atoms with E-state index in [2.05, 4.69) is 0 Å². The molecule has 94 valence electrons. The van der Waals surface area contributed by atoms with Crippen molar-refractivity contribution in [3.8, 4) is 11.8 Å². The van der Waals surface area contributed by atoms with Gasteiger partial charge in [-0.25, -0.2) is 0 Å². The van der Waals surface area contributed by atoms with Gasteiger partial charge in [0.2, 0.25) is 0 Å². The molecule has 0 spiro atoms. The number of hydrogen-bond donors (Lipinski definition) is 0. The monoisotopic (exact) mass is 247 g/mol. The van der Waals surface area contributed by atoms with Gasteiger partial charge < -0.3 is 9.47 Å². The Labute approximate surface area is 105 Å². The van der Waals surface area contributed by atoms with Crippen LogP contribution in [0.1, 0.15) is 28.4 Å². The van der Waals surface area contributed by atoms with E-state index in [4.69, 9.17) is 14.7 Å². The Morgan fingerprint density at radius 3 is 2.72 bits per heavy atom. The number of nitrogens with zero attached hydrogens (tertiary/aromatic N) is 1. The van der Waals surface area contributed by atoms with Crippen LogP contribution in [0.2, 0.25) is 0 Å². The third-order valence-electron chi connectivity index (χ3n) is 2.31. The summed E-state index contributed by atoms with van der Waals surface area (Å²) in [6, 6.07) is 4.91. The maximum Gasteiger partial charge on any atom is 0.310 e. The fourth-order valence-electron chi connectivity index (χ4n) is 1.56. The fraction of sp³-hybridized carbons (Fsp3) is 0.308. The van der Waals surface area contributed by atoms with E-state index in [1.165, 1.54) is 19.2 Å². The van der Waals surface area contributed by atoms with Crippen molar-refractivity contribution in [2.75, 3.05) is 13.7 Å². The fourth-order valence-corrected chi connectivity index (χ4v) is 1.56. The number of esters is 1. The second kappa shape index (κ2) is 6.40. The SMILES string of the molecule is CCOC(=O)Cc1cc(C=O)cc(OC)c1C#N. The number of carbonyl (C=O) groups is 2. The van der Waals surface area contributed by atoms with Gasteiger partial charge in [0.25, 0.3) is 0 Å². The van der Waals surface area contributed by atoms with Crippen molar-refractivity contribution in [3.05, 3.63) is 28.8 Å². The largest absolute Gasteiger partial charge is 0.495 e. The molecule has 1 aromatic carbocycles. The minimum absolute atomic E-state index is 0.0607. The number of benzene rings is 1. The van der Waals surface area contributed by atoms with Gasteiger partial charge in [0, 0.05) is 5.56 Å². The predicted octanol–water partition coefficient (Wildman–Crippen LogP) is 1.48. The standard InChI is InChI=1S/C13H13NO4/c1-3-18-13(16)6-10-4-9(8-15)5-12(17-2)11(10)7-14/h4-5,8H,3,6H2,1-2H3. The molecule has 1 rings (SSSR count). The third-order valence-corrected chi connectivity index (χ3v) is 2.31. The highest BCUT2D eigenvalue weighted by molar-refractivity contribution is 5.80. The summed E-state index contributed by atoms with van der Waals surface area (Å²) < 4.78 is 9.84. The number of methoxy groups -OCH3 is 1. The highest BCUT2D eigenvalue weighted by Crippen LogP contribution is 2.24. The zero-order chi connectivity index (χ0) is 13.5. The summed E-state index contributed by atoms with van der Waals surface area (Å²) in [7, 11) is 1.40. The number of rotatable bonds is 5. The maximum atomic E-state index is 11.4. The highest BCUT2D eigenvalue weighted by Gasteiger charge is 2.14. The number of carbonyl (C=O) groups excluding carboxylic acids is 2. The Kier molecular flexibility index (Phi) is 4.88. The molecule has 0 fully saturated rings. The van der Waals surface area contributed by atoms with Gasteiger partial charge in [-0.1, -0.05) is 0 Å². The molecule has 5 heteroatoms. The van der Waals surface area contributed by atoms with Crippen molar-refractivity contribution in [3.63, 3.8) is 0 Å². The van der Waals surface area contributed by atoms with Crippen molar-refractivity contribution < 1.29 is 19.1 Å². The number of nitriles is 1. The molecule has 0 bridgehead atoms. The summed E-state index contributed by atoms with van der Waals surface area (Å²) >= 11 is 0. The smallest absolute Gasteiger partial charge is 0.310 e. The summed E-state index contributed by atoms with van der Waals surface area (Å²) in [4.78, 5) is 22.2. The lowest BCUT2D eigenvalue weighted by Crippen LogP contribution is -2.09. The number of hydrogen-bond acceptors (Lipinski definition) is 5. The first kappa shape index (κ1) is 13.7. The van der Waals surface area contributed by atoms with Gasteiger partial charge in [-0.05, 0) is 24.6 Å². The Hall–Kier alpha value is -2.35. The second-order valence-corrected chi connectivity index (χ2v) is 3.47. The molecule has 0 aliphatic heterocycles. The molecule has 5 nitrogen and oxygen atoms in total. The molecule has 0 saturated heterocycles. The average Bonchev–Trinajstić information content (AvgIpc) is 2.37. The van der Waals surface area contributed by atoms with Crippen LogP contribution in [0.25, 0.3) is 0 Å². The van der Waals surface area contributed by atoms with E-state index in [-0.39, 0.29) is 24.3 Å². The molecular weight excluding hydrogens is 234 g/mol. The van der Waals surface area contributed by atoms with E-state index < -0.39 is 5.97 Å². The van der Waals surface area contributed by atoms with E-state index >= 15 is 0 Å². The summed E-state index contributed by atoms with van der Waals surface area (Å²) in [5.41, 5.74) is 1.03. The molecule has 0 heterocycles. The minimum atomic E-state index is -0.445. The van der Waals surface area contributed by atoms with E-state index in [0.29, 0.717) is 17.4 Å². The van der Waals surface area contributed by atoms with Crippen LogP contribution in [0, 0.1) is 11.3 Å². The van der Waals surface area contributed by atoms with Crippen LogP contribution in [0.5, 0.6) is 5.75 Å². The number of ether oxygens (including phenoxy) is 2. The van der Waals surface area contributed by atoms with E-state index in [1.807, 2.05) is 6.07 Å². The van der Waals surface area contributed by atoms with Gasteiger partial charge in [0.1, 0.15) is 18.1 Å². The zero-order valence-corrected chi connectivity index (χ0v) is 10.2. The Balaban J connectivity index is 3.19. The maximum absolute atomic E-state index is 11.4. The van der Waals surface area contributed by atoms with Crippen LogP contribution < -0.4 is 4.74 Å². The molecule has 0 unspecified atom stereocenters. The minimum Gasteiger partial charge on any atom is -0.495 e. The topological polar surface area (TPSA) is 76.4 Å². The van der Waals surface area contributed by atoms with Crippen molar-refractivity contribution in [1.29, 1.82) is 5.26 Å². The lowest BCUT2D eigenvalue weighted by atomic mass is 10.0. The molecule has 0 aromatic heterocycles. The zero-order valence-electron chi connectivity index (χ0n) is 10.2. The molecule has 0 radical (unpaired) electrons. The quantitative estimate of drug-likeness (QED) is 0.582. The predicted molar refractivity (Wildman–Crippen MR) is 63.4 cm³/mol. The summed E-state index contributed by atoms with van der Waals surface area (Å²) in [5, 5.41) is 9.07. The van der Waals surface area contributed by atoms with Crippen LogP contribution in [0.15, 0.2) is 12.1 Å². The van der Waals surface area contributed by atoms with Gasteiger partial charge in [-0.2, -0.15) is 5.26 Å². The second-order valence-electron chi connectivity index (χ2n) is 3.47. The molecule has 0 saturated carbocycles. The molecule has 0 N–H and O–H groups in total. The lowest BCUT2D eigenvalue weighted by molar-refractivity contribution is -0.142. The highest BCUT2D eigenvalue weighted by atomic mass is 16.5. The first-order valence-corrected chi connectivity index (χ1v) is 5.38. The van der Waals surface area contributed by atoms with Gasteiger partial charge >= 0.3 is 5.97 Å². The van der Waals surface area contributed by atoms with Gasteiger partial charge in [-0.15, -0.1) is 0 Å². The summed E-state index contributed by atoms with van der Waals surface area (Å²) in [6.07, 6.45) is 0.576. The van der Waals surface area contributed by atoms with Gasteiger partial charge in [0.05, 0.1) is 25.7 Å². The Morgan fingerprint density at radius 1 is 1.50 bits per heavy atom. The van der Waals surface area contributed by atoms with Crippen molar-refractivity contribution in [2.45, 2.75) is 13.3 Å². The normalized spacial score (nSPS) is 9.39. The van der Waals surface area contributed by atoms with Crippen LogP contribution in [0.4, 0.5) is 0 Å². The number of aldehydes is 1. The van der Waals surface area contributed by atoms with Gasteiger partial charge in [0.15, 0.2) is 0 Å². The first-order valence-electron chi connectivity index (χ1n) is 5.38. The van der Waals surface area contributed by atoms with Crippen LogP contribution in [0.3, 0.4) is 0 Å². The average molecular weight is 247 g/mol. The lowest BCUT2D eigenvalue weighted by Gasteiger charge is -2.09. The van der Waals surface area contributed by atoms with E-state index in [1.54, 1.807) is 6.92 Å². The van der Waals surface area contributed by atoms with E-state index in [0.717, 1.165) is 0 Å². The molecule has 0 aliphatic rings. The molecule has 1 aromatic rings. The summed E-state index contributed by atoms with van der Waals surface area (Å²) in [5.74, 6) is -0.166.